The third-order valence-electron chi connectivity index (χ3n) is 3.38. The van der Waals surface area contributed by atoms with Crippen LogP contribution in [0.1, 0.15) is 12.7 Å². The average molecular weight is 394 g/mol. The van der Waals surface area contributed by atoms with E-state index in [1.165, 1.54) is 21.6 Å². The number of nitrogens with zero attached hydrogens (tertiary/aromatic N) is 6. The van der Waals surface area contributed by atoms with Crippen LogP contribution in [0.25, 0.3) is 5.57 Å². The molecule has 0 unspecified atom stereocenters. The number of halogens is 2. The van der Waals surface area contributed by atoms with Crippen molar-refractivity contribution in [1.29, 1.82) is 5.26 Å². The summed E-state index contributed by atoms with van der Waals surface area (Å²) < 4.78 is 6.28. The van der Waals surface area contributed by atoms with Crippen LogP contribution in [0.3, 0.4) is 0 Å². The van der Waals surface area contributed by atoms with Crippen LogP contribution in [0.5, 0.6) is 5.75 Å². The number of phenols is 1. The lowest BCUT2D eigenvalue weighted by Crippen LogP contribution is -2.46. The van der Waals surface area contributed by atoms with Gasteiger partial charge in [0.25, 0.3) is 5.84 Å². The van der Waals surface area contributed by atoms with Crippen molar-refractivity contribution in [2.75, 3.05) is 6.61 Å². The van der Waals surface area contributed by atoms with Crippen LogP contribution in [0.2, 0.25) is 10.0 Å². The number of fused-ring (bicyclic) bond motifs is 1. The molecule has 0 atom stereocenters. The zero-order valence-electron chi connectivity index (χ0n) is 13.6. The van der Waals surface area contributed by atoms with Gasteiger partial charge < -0.3 is 9.84 Å². The lowest BCUT2D eigenvalue weighted by molar-refractivity contribution is -0.623. The lowest BCUT2D eigenvalue weighted by Gasteiger charge is -2.03. The van der Waals surface area contributed by atoms with Crippen molar-refractivity contribution < 1.29 is 19.3 Å². The molecule has 1 aromatic heterocycles. The molecule has 132 valence electrons. The first-order valence-corrected chi connectivity index (χ1v) is 8.06. The Morgan fingerprint density at radius 2 is 2.12 bits per heavy atom. The third kappa shape index (κ3) is 2.89. The molecule has 1 aromatic carbocycles. The average Bonchev–Trinajstić information content (AvgIpc) is 3.08. The van der Waals surface area contributed by atoms with E-state index in [1.807, 2.05) is 6.07 Å². The minimum Gasteiger partial charge on any atom is -0.505 e. The summed E-state index contributed by atoms with van der Waals surface area (Å²) in [6.45, 7) is 1.77. The summed E-state index contributed by atoms with van der Waals surface area (Å²) >= 11 is 11.8. The number of benzene rings is 1. The van der Waals surface area contributed by atoms with E-state index in [4.69, 9.17) is 27.9 Å². The lowest BCUT2D eigenvalue weighted by atomic mass is 10.1. The SMILES string of the molecule is CCOC(=O)C1=C(C#N)c2nn(C)n[n+]2C1=Nc1cc(Cl)c(O)c(Cl)c1. The molecule has 0 spiro atoms. The number of aromatic nitrogens is 4. The first-order chi connectivity index (χ1) is 12.4. The molecule has 0 radical (unpaired) electrons. The van der Waals surface area contributed by atoms with Gasteiger partial charge in [-0.15, -0.1) is 4.99 Å². The minimum absolute atomic E-state index is 0.00808. The highest BCUT2D eigenvalue weighted by Gasteiger charge is 2.43. The molecule has 0 aliphatic carbocycles. The summed E-state index contributed by atoms with van der Waals surface area (Å²) in [6.07, 6.45) is 0. The van der Waals surface area contributed by atoms with Crippen molar-refractivity contribution in [1.82, 2.24) is 15.1 Å². The molecule has 1 aliphatic rings. The molecule has 0 saturated heterocycles. The molecule has 0 saturated carbocycles. The fourth-order valence-electron chi connectivity index (χ4n) is 2.34. The second kappa shape index (κ2) is 6.74. The fourth-order valence-corrected chi connectivity index (χ4v) is 2.82. The maximum absolute atomic E-state index is 12.4. The van der Waals surface area contributed by atoms with Crippen molar-refractivity contribution in [3.8, 4) is 11.8 Å². The number of tetrazole rings is 1. The molecule has 0 amide bonds. The summed E-state index contributed by atoms with van der Waals surface area (Å²) in [4.78, 5) is 17.9. The van der Waals surface area contributed by atoms with Gasteiger partial charge in [0.1, 0.15) is 24.4 Å². The van der Waals surface area contributed by atoms with E-state index >= 15 is 0 Å². The number of phenolic OH excluding ortho intramolecular Hbond substituents is 1. The maximum Gasteiger partial charge on any atom is 0.345 e. The number of nitriles is 1. The second-order valence-corrected chi connectivity index (χ2v) is 5.90. The number of hydrogen-bond acceptors (Lipinski definition) is 7. The smallest absolute Gasteiger partial charge is 0.345 e. The Morgan fingerprint density at radius 1 is 1.46 bits per heavy atom. The quantitative estimate of drug-likeness (QED) is 0.624. The van der Waals surface area contributed by atoms with Gasteiger partial charge in [0.05, 0.1) is 16.7 Å². The zero-order chi connectivity index (χ0) is 19.0. The van der Waals surface area contributed by atoms with E-state index in [1.54, 1.807) is 14.0 Å². The first-order valence-electron chi connectivity index (χ1n) is 7.30. The molecule has 1 N–H and O–H groups in total. The summed E-state index contributed by atoms with van der Waals surface area (Å²) in [5.74, 6) is -0.808. The number of carbonyl (C=O) groups excluding carboxylic acids is 1. The Balaban J connectivity index is 2.24. The topological polar surface area (TPSA) is 117 Å². The van der Waals surface area contributed by atoms with E-state index in [9.17, 15) is 15.2 Å². The van der Waals surface area contributed by atoms with Gasteiger partial charge in [0, 0.05) is 10.3 Å². The number of allylic oxidation sites excluding steroid dienone is 1. The van der Waals surface area contributed by atoms with Gasteiger partial charge in [-0.3, -0.25) is 0 Å². The highest BCUT2D eigenvalue weighted by molar-refractivity contribution is 6.37. The predicted molar refractivity (Wildman–Crippen MR) is 91.0 cm³/mol. The Bertz CT molecular complexity index is 1010. The van der Waals surface area contributed by atoms with Crippen LogP contribution in [-0.2, 0) is 16.6 Å². The summed E-state index contributed by atoms with van der Waals surface area (Å²) in [6, 6.07) is 4.66. The van der Waals surface area contributed by atoms with Gasteiger partial charge in [-0.1, -0.05) is 32.7 Å². The van der Waals surface area contributed by atoms with Gasteiger partial charge in [0.2, 0.25) is 0 Å². The number of hydrogen-bond donors (Lipinski definition) is 1. The van der Waals surface area contributed by atoms with Gasteiger partial charge in [0.15, 0.2) is 11.3 Å². The molecule has 1 aliphatic heterocycles. The number of rotatable bonds is 3. The van der Waals surface area contributed by atoms with Gasteiger partial charge >= 0.3 is 11.8 Å². The molecule has 2 aromatic rings. The van der Waals surface area contributed by atoms with E-state index in [-0.39, 0.29) is 50.9 Å². The van der Waals surface area contributed by atoms with Crippen molar-refractivity contribution in [2.45, 2.75) is 6.92 Å². The van der Waals surface area contributed by atoms with Gasteiger partial charge in [-0.25, -0.2) is 4.79 Å². The van der Waals surface area contributed by atoms with E-state index < -0.39 is 5.97 Å². The van der Waals surface area contributed by atoms with Crippen LogP contribution in [0.15, 0.2) is 22.7 Å². The van der Waals surface area contributed by atoms with E-state index in [0.29, 0.717) is 0 Å². The summed E-state index contributed by atoms with van der Waals surface area (Å²) in [7, 11) is 1.57. The van der Waals surface area contributed by atoms with Crippen molar-refractivity contribution in [3.05, 3.63) is 33.6 Å². The highest BCUT2D eigenvalue weighted by atomic mass is 35.5. The van der Waals surface area contributed by atoms with Crippen LogP contribution in [0.4, 0.5) is 5.69 Å². The molecular weight excluding hydrogens is 383 g/mol. The standard InChI is InChI=1S/C15H10Cl2N6O3/c1-3-26-15(25)11-8(6-18)13-20-22(2)21-23(13)14(11)19-7-4-9(16)12(24)10(17)5-7/h4-5H,3H2,1-2H3/p+1. The number of ether oxygens (including phenoxy) is 1. The maximum atomic E-state index is 12.4. The van der Waals surface area contributed by atoms with Crippen LogP contribution < -0.4 is 4.68 Å². The Morgan fingerprint density at radius 3 is 2.69 bits per heavy atom. The summed E-state index contributed by atoms with van der Waals surface area (Å²) in [5, 5.41) is 27.3. The van der Waals surface area contributed by atoms with E-state index in [0.717, 1.165) is 0 Å². The Labute approximate surface area is 157 Å². The molecule has 11 heteroatoms. The summed E-state index contributed by atoms with van der Waals surface area (Å²) in [5.41, 5.74) is 0.175. The zero-order valence-corrected chi connectivity index (χ0v) is 15.1. The molecular formula is C15H11Cl2N6O3+. The molecule has 0 fully saturated rings. The number of aryl methyl sites for hydroxylation is 1. The third-order valence-corrected chi connectivity index (χ3v) is 3.96. The normalized spacial score (nSPS) is 14.5. The Kier molecular flexibility index (Phi) is 4.63. The molecule has 0 bridgehead atoms. The van der Waals surface area contributed by atoms with E-state index in [2.05, 4.69) is 15.3 Å². The van der Waals surface area contributed by atoms with Gasteiger partial charge in [-0.2, -0.15) is 5.26 Å². The van der Waals surface area contributed by atoms with Crippen molar-refractivity contribution in [3.63, 3.8) is 0 Å². The molecule has 26 heavy (non-hydrogen) atoms. The number of aromatic hydroxyl groups is 1. The molecule has 2 heterocycles. The fraction of sp³-hybridized carbons (Fsp3) is 0.200. The highest BCUT2D eigenvalue weighted by Crippen LogP contribution is 2.36. The Hall–Kier alpha value is -2.96. The number of aliphatic imine (C=N–C) groups is 1. The largest absolute Gasteiger partial charge is 0.505 e. The molecule has 3 rings (SSSR count). The van der Waals surface area contributed by atoms with Crippen LogP contribution in [0, 0.1) is 11.3 Å². The second-order valence-electron chi connectivity index (χ2n) is 5.09. The van der Waals surface area contributed by atoms with Gasteiger partial charge in [-0.05, 0) is 19.1 Å². The number of carbonyl (C=O) groups is 1. The van der Waals surface area contributed by atoms with Crippen molar-refractivity contribution in [2.24, 2.45) is 12.0 Å². The monoisotopic (exact) mass is 393 g/mol. The van der Waals surface area contributed by atoms with Crippen molar-refractivity contribution >= 4 is 46.3 Å². The predicted octanol–water partition coefficient (Wildman–Crippen LogP) is 1.55. The minimum atomic E-state index is -0.728. The first kappa shape index (κ1) is 17.8. The van der Waals surface area contributed by atoms with Crippen LogP contribution in [-0.4, -0.2) is 38.6 Å². The number of esters is 1. The van der Waals surface area contributed by atoms with Crippen LogP contribution >= 0.6 is 23.2 Å². The molecule has 9 nitrogen and oxygen atoms in total.